The van der Waals surface area contributed by atoms with E-state index >= 15 is 0 Å². The van der Waals surface area contributed by atoms with Gasteiger partial charge in [-0.3, -0.25) is 14.6 Å². The number of hydrogen-bond acceptors (Lipinski definition) is 4. The van der Waals surface area contributed by atoms with Crippen LogP contribution < -0.4 is 16.0 Å². The topological polar surface area (TPSA) is 93.8 Å². The van der Waals surface area contributed by atoms with Crippen LogP contribution in [0.2, 0.25) is 0 Å². The van der Waals surface area contributed by atoms with Gasteiger partial charge in [0.05, 0.1) is 6.54 Å². The fourth-order valence-corrected chi connectivity index (χ4v) is 4.45. The Morgan fingerprint density at radius 1 is 1.00 bits per heavy atom. The van der Waals surface area contributed by atoms with Gasteiger partial charge in [0.15, 0.2) is 0 Å². The van der Waals surface area contributed by atoms with Crippen molar-refractivity contribution in [3.8, 4) is 0 Å². The van der Waals surface area contributed by atoms with Crippen molar-refractivity contribution < 1.29 is 14.4 Å². The van der Waals surface area contributed by atoms with Crippen LogP contribution in [0.1, 0.15) is 51.4 Å². The van der Waals surface area contributed by atoms with Crippen LogP contribution in [0.5, 0.6) is 0 Å². The summed E-state index contributed by atoms with van der Waals surface area (Å²) in [6.45, 7) is 3.45. The molecule has 2 heterocycles. The van der Waals surface area contributed by atoms with Crippen LogP contribution in [-0.4, -0.2) is 72.6 Å². The van der Waals surface area contributed by atoms with E-state index in [1.165, 1.54) is 38.5 Å². The maximum absolute atomic E-state index is 12.2. The van der Waals surface area contributed by atoms with Gasteiger partial charge in [-0.1, -0.05) is 25.7 Å². The molecule has 0 spiro atoms. The van der Waals surface area contributed by atoms with Crippen LogP contribution in [0.4, 0.5) is 9.59 Å². The zero-order valence-electron chi connectivity index (χ0n) is 15.5. The fourth-order valence-electron chi connectivity index (χ4n) is 4.45. The van der Waals surface area contributed by atoms with Crippen molar-refractivity contribution >= 4 is 18.0 Å². The highest BCUT2D eigenvalue weighted by molar-refractivity contribution is 6.01. The summed E-state index contributed by atoms with van der Waals surface area (Å²) in [7, 11) is 0. The first-order valence-electron chi connectivity index (χ1n) is 9.96. The molecule has 8 nitrogen and oxygen atoms in total. The second kappa shape index (κ2) is 8.70. The zero-order chi connectivity index (χ0) is 18.4. The Kier molecular flexibility index (Phi) is 6.34. The summed E-state index contributed by atoms with van der Waals surface area (Å²) in [6.07, 6.45) is 9.85. The molecular weight excluding hydrogens is 334 g/mol. The number of carbonyl (C=O) groups is 3. The highest BCUT2D eigenvalue weighted by Gasteiger charge is 2.38. The summed E-state index contributed by atoms with van der Waals surface area (Å²) in [5, 5.41) is 8.28. The number of nitrogens with zero attached hydrogens (tertiary/aromatic N) is 2. The van der Waals surface area contributed by atoms with Crippen LogP contribution in [0.15, 0.2) is 0 Å². The lowest BCUT2D eigenvalue weighted by molar-refractivity contribution is -0.124. The molecule has 26 heavy (non-hydrogen) atoms. The lowest BCUT2D eigenvalue weighted by atomic mass is 9.79. The van der Waals surface area contributed by atoms with Crippen molar-refractivity contribution in [2.75, 3.05) is 39.3 Å². The molecule has 2 aliphatic heterocycles. The normalized spacial score (nSPS) is 23.6. The molecule has 0 bridgehead atoms. The molecule has 3 fully saturated rings. The molecule has 0 aromatic heterocycles. The number of likely N-dealkylation sites (tertiary alicyclic amines) is 1. The van der Waals surface area contributed by atoms with Gasteiger partial charge in [0.1, 0.15) is 0 Å². The summed E-state index contributed by atoms with van der Waals surface area (Å²) < 4.78 is 0. The van der Waals surface area contributed by atoms with Crippen LogP contribution in [0.25, 0.3) is 0 Å². The summed E-state index contributed by atoms with van der Waals surface area (Å²) in [5.74, 6) is -0.247. The average Bonchev–Trinajstić information content (AvgIpc) is 3.00. The molecule has 5 amide bonds. The minimum atomic E-state index is -0.386. The van der Waals surface area contributed by atoms with Crippen LogP contribution >= 0.6 is 0 Å². The summed E-state index contributed by atoms with van der Waals surface area (Å²) in [4.78, 5) is 38.9. The summed E-state index contributed by atoms with van der Waals surface area (Å²) in [6, 6.07) is -0.609. The van der Waals surface area contributed by atoms with Crippen molar-refractivity contribution in [1.82, 2.24) is 25.8 Å². The van der Waals surface area contributed by atoms with Crippen molar-refractivity contribution in [3.05, 3.63) is 0 Å². The fraction of sp³-hybridized carbons (Fsp3) is 0.833. The molecular formula is C18H31N5O3. The Morgan fingerprint density at radius 3 is 2.35 bits per heavy atom. The largest absolute Gasteiger partial charge is 0.336 e. The molecule has 8 heteroatoms. The standard InChI is InChI=1S/C18H31N5O3/c24-15-13-20-17(26)23(15)12-9-19-16(25)21-14-18(7-3-1-4-8-18)22-10-5-2-6-11-22/h1-14H2,(H,20,26)(H2,19,21,25). The van der Waals surface area contributed by atoms with Crippen molar-refractivity contribution in [3.63, 3.8) is 0 Å². The predicted octanol–water partition coefficient (Wildman–Crippen LogP) is 1.03. The average molecular weight is 365 g/mol. The van der Waals surface area contributed by atoms with Gasteiger partial charge in [-0.25, -0.2) is 9.59 Å². The van der Waals surface area contributed by atoms with Crippen LogP contribution in [0.3, 0.4) is 0 Å². The lowest BCUT2D eigenvalue weighted by Gasteiger charge is -2.48. The quantitative estimate of drug-likeness (QED) is 0.613. The number of hydrogen-bond donors (Lipinski definition) is 3. The van der Waals surface area contributed by atoms with Crippen LogP contribution in [0, 0.1) is 0 Å². The summed E-state index contributed by atoms with van der Waals surface area (Å²) >= 11 is 0. The van der Waals surface area contributed by atoms with Gasteiger partial charge < -0.3 is 16.0 Å². The SMILES string of the molecule is O=C(NCCN1C(=O)CNC1=O)NCC1(N2CCCCC2)CCCCC1. The Morgan fingerprint density at radius 2 is 1.69 bits per heavy atom. The van der Waals surface area contributed by atoms with Gasteiger partial charge in [0.25, 0.3) is 0 Å². The molecule has 1 saturated carbocycles. The Labute approximate surface area is 155 Å². The van der Waals surface area contributed by atoms with Gasteiger partial charge in [0.2, 0.25) is 5.91 Å². The van der Waals surface area contributed by atoms with Crippen molar-refractivity contribution in [1.29, 1.82) is 0 Å². The molecule has 3 rings (SSSR count). The predicted molar refractivity (Wildman–Crippen MR) is 97.8 cm³/mol. The number of rotatable bonds is 6. The van der Waals surface area contributed by atoms with E-state index in [0.29, 0.717) is 6.54 Å². The van der Waals surface area contributed by atoms with E-state index in [0.717, 1.165) is 30.8 Å². The number of urea groups is 2. The van der Waals surface area contributed by atoms with Gasteiger partial charge in [0, 0.05) is 25.2 Å². The number of imide groups is 1. The van der Waals surface area contributed by atoms with E-state index in [9.17, 15) is 14.4 Å². The zero-order valence-corrected chi connectivity index (χ0v) is 15.5. The highest BCUT2D eigenvalue weighted by atomic mass is 16.2. The van der Waals surface area contributed by atoms with E-state index in [2.05, 4.69) is 20.9 Å². The van der Waals surface area contributed by atoms with E-state index in [-0.39, 0.29) is 43.1 Å². The molecule has 2 saturated heterocycles. The third-order valence-electron chi connectivity index (χ3n) is 5.95. The number of nitrogens with one attached hydrogen (secondary N) is 3. The minimum absolute atomic E-state index is 0.0450. The van der Waals surface area contributed by atoms with Crippen molar-refractivity contribution in [2.24, 2.45) is 0 Å². The maximum atomic E-state index is 12.2. The lowest BCUT2D eigenvalue weighted by Crippen LogP contribution is -2.59. The number of carbonyl (C=O) groups excluding carboxylic acids is 3. The molecule has 1 aliphatic carbocycles. The van der Waals surface area contributed by atoms with Crippen molar-refractivity contribution in [2.45, 2.75) is 56.9 Å². The van der Waals surface area contributed by atoms with Gasteiger partial charge in [-0.2, -0.15) is 0 Å². The third kappa shape index (κ3) is 4.47. The summed E-state index contributed by atoms with van der Waals surface area (Å²) in [5.41, 5.74) is 0.0980. The molecule has 0 aromatic carbocycles. The third-order valence-corrected chi connectivity index (χ3v) is 5.95. The molecule has 0 atom stereocenters. The van der Waals surface area contributed by atoms with Gasteiger partial charge in [-0.15, -0.1) is 0 Å². The number of amides is 5. The minimum Gasteiger partial charge on any atom is -0.336 e. The first-order valence-corrected chi connectivity index (χ1v) is 9.96. The first-order chi connectivity index (χ1) is 12.6. The van der Waals surface area contributed by atoms with E-state index in [1.54, 1.807) is 0 Å². The molecule has 0 unspecified atom stereocenters. The van der Waals surface area contributed by atoms with E-state index in [4.69, 9.17) is 0 Å². The maximum Gasteiger partial charge on any atom is 0.324 e. The first kappa shape index (κ1) is 18.9. The molecule has 3 N–H and O–H groups in total. The Hall–Kier alpha value is -1.83. The Bertz CT molecular complexity index is 511. The van der Waals surface area contributed by atoms with Gasteiger partial charge >= 0.3 is 12.1 Å². The second-order valence-electron chi connectivity index (χ2n) is 7.65. The number of piperidine rings is 1. The molecule has 3 aliphatic rings. The van der Waals surface area contributed by atoms with E-state index < -0.39 is 0 Å². The molecule has 146 valence electrons. The molecule has 0 radical (unpaired) electrons. The van der Waals surface area contributed by atoms with Crippen LogP contribution in [-0.2, 0) is 4.79 Å². The monoisotopic (exact) mass is 365 g/mol. The smallest absolute Gasteiger partial charge is 0.324 e. The molecule has 0 aromatic rings. The van der Waals surface area contributed by atoms with E-state index in [1.807, 2.05) is 0 Å². The highest BCUT2D eigenvalue weighted by Crippen LogP contribution is 2.35. The Balaban J connectivity index is 1.45. The van der Waals surface area contributed by atoms with Gasteiger partial charge in [-0.05, 0) is 38.8 Å². The second-order valence-corrected chi connectivity index (χ2v) is 7.65.